The van der Waals surface area contributed by atoms with E-state index in [9.17, 15) is 29.3 Å². The molecule has 0 aromatic carbocycles. The van der Waals surface area contributed by atoms with E-state index in [1.807, 2.05) is 27.2 Å². The monoisotopic (exact) mass is 842 g/mol. The molecule has 0 radical (unpaired) electrons. The number of ketones is 1. The Bertz CT molecular complexity index is 1190. The summed E-state index contributed by atoms with van der Waals surface area (Å²) < 4.78 is 34.3. The second-order valence-electron chi connectivity index (χ2n) is 17.3. The number of unbranched alkanes of at least 4 members (excludes halogenated alkanes) is 16. The Morgan fingerprint density at radius 3 is 2.07 bits per heavy atom. The number of allylic oxidation sites excluding steroid dienone is 4. The Morgan fingerprint density at radius 2 is 1.41 bits per heavy atom. The predicted octanol–water partition coefficient (Wildman–Crippen LogP) is 9.69. The summed E-state index contributed by atoms with van der Waals surface area (Å²) in [7, 11) is 1.17. The van der Waals surface area contributed by atoms with Crippen LogP contribution in [0.15, 0.2) is 36.6 Å². The van der Waals surface area contributed by atoms with Gasteiger partial charge in [0.2, 0.25) is 0 Å². The molecule has 1 fully saturated rings. The van der Waals surface area contributed by atoms with Crippen molar-refractivity contribution in [3.05, 3.63) is 36.6 Å². The Hall–Kier alpha value is -1.85. The zero-order chi connectivity index (χ0) is 42.9. The molecule has 0 aromatic rings. The number of ether oxygens (including phenoxy) is 2. The fourth-order valence-corrected chi connectivity index (χ4v) is 7.73. The van der Waals surface area contributed by atoms with E-state index < -0.39 is 38.7 Å². The van der Waals surface area contributed by atoms with E-state index in [1.54, 1.807) is 18.4 Å². The predicted molar refractivity (Wildman–Crippen MR) is 232 cm³/mol. The third-order valence-corrected chi connectivity index (χ3v) is 11.6. The number of hydrogen-bond donors (Lipinski definition) is 2. The zero-order valence-electron chi connectivity index (χ0n) is 37.2. The number of aliphatic hydroxyl groups is 2. The fraction of sp³-hybridized carbons (Fsp3) is 0.826. The van der Waals surface area contributed by atoms with Crippen LogP contribution < -0.4 is 4.89 Å². The molecule has 0 heterocycles. The van der Waals surface area contributed by atoms with Crippen molar-refractivity contribution in [1.82, 2.24) is 0 Å². The average molecular weight is 842 g/mol. The molecule has 0 saturated heterocycles. The number of Topliss-reactive ketones (excluding diaryl/α,β-unsaturated/α-hetero) is 1. The van der Waals surface area contributed by atoms with Crippen LogP contribution in [0.4, 0.5) is 0 Å². The third kappa shape index (κ3) is 30.2. The molecule has 11 nitrogen and oxygen atoms in total. The number of nitrogens with zero attached hydrogens (tertiary/aromatic N) is 1. The lowest BCUT2D eigenvalue weighted by Gasteiger charge is -2.28. The maximum Gasteiger partial charge on any atom is 0.306 e. The Balaban J connectivity index is 2.44. The van der Waals surface area contributed by atoms with Crippen LogP contribution >= 0.6 is 7.82 Å². The first kappa shape index (κ1) is 54.2. The number of phosphoric acid groups is 1. The number of quaternary nitrogens is 1. The van der Waals surface area contributed by atoms with Crippen LogP contribution in [0.25, 0.3) is 0 Å². The smallest absolute Gasteiger partial charge is 0.306 e. The van der Waals surface area contributed by atoms with Gasteiger partial charge in [-0.05, 0) is 69.8 Å². The van der Waals surface area contributed by atoms with E-state index in [4.69, 9.17) is 18.5 Å². The van der Waals surface area contributed by atoms with Crippen molar-refractivity contribution in [1.29, 1.82) is 0 Å². The van der Waals surface area contributed by atoms with E-state index in [0.717, 1.165) is 57.8 Å². The summed E-state index contributed by atoms with van der Waals surface area (Å²) in [6.07, 6.45) is 32.9. The number of hydrogen-bond acceptors (Lipinski definition) is 10. The molecule has 338 valence electrons. The van der Waals surface area contributed by atoms with Crippen molar-refractivity contribution in [2.24, 2.45) is 11.8 Å². The average Bonchev–Trinajstić information content (AvgIpc) is 3.43. The maximum atomic E-state index is 12.8. The Labute approximate surface area is 353 Å². The number of rotatable bonds is 38. The van der Waals surface area contributed by atoms with Crippen LogP contribution in [0, 0.1) is 11.8 Å². The topological polar surface area (TPSA) is 152 Å². The van der Waals surface area contributed by atoms with Crippen LogP contribution in [-0.2, 0) is 32.7 Å². The molecular formula is C46H84NO10P. The second-order valence-corrected chi connectivity index (χ2v) is 18.7. The first-order chi connectivity index (χ1) is 27.8. The third-order valence-electron chi connectivity index (χ3n) is 10.6. The second kappa shape index (κ2) is 33.8. The first-order valence-electron chi connectivity index (χ1n) is 22.9. The van der Waals surface area contributed by atoms with Crippen LogP contribution in [0.2, 0.25) is 0 Å². The number of carbonyl (C=O) groups is 2. The lowest BCUT2D eigenvalue weighted by atomic mass is 9.88. The number of esters is 1. The van der Waals surface area contributed by atoms with Crippen molar-refractivity contribution in [2.75, 3.05) is 47.5 Å². The largest absolute Gasteiger partial charge is 0.756 e. The molecule has 0 amide bonds. The quantitative estimate of drug-likeness (QED) is 0.0154. The van der Waals surface area contributed by atoms with Crippen molar-refractivity contribution in [3.63, 3.8) is 0 Å². The summed E-state index contributed by atoms with van der Waals surface area (Å²) in [5.74, 6) is -0.998. The molecular weight excluding hydrogens is 757 g/mol. The standard InChI is InChI=1S/C46H84NO10P/c1-6-8-10-11-12-13-14-15-16-17-18-19-20-21-24-28-35-54-38-41(39-56-58(52,53)55-36-34-47(3,4)5)57-46(51)31-27-23-22-26-30-42-43(45(50)37-44(42)49)33-32-40(48)29-25-9-7-2/h13-14,28,32-33,35,40-44,48-49H,6-12,15-27,29-31,34,36-39H2,1-5H3/b14-13-,33-32+,35-28+/t40-,41+,42+,43+,44-/m0/s1. The number of carbonyl (C=O) groups excluding carboxylic acids is 2. The summed E-state index contributed by atoms with van der Waals surface area (Å²) in [4.78, 5) is 37.8. The van der Waals surface area contributed by atoms with Crippen molar-refractivity contribution < 1.29 is 52.3 Å². The summed E-state index contributed by atoms with van der Waals surface area (Å²) in [6, 6.07) is 0. The van der Waals surface area contributed by atoms with E-state index in [-0.39, 0.29) is 43.7 Å². The highest BCUT2D eigenvalue weighted by molar-refractivity contribution is 7.45. The van der Waals surface area contributed by atoms with Gasteiger partial charge in [0.15, 0.2) is 6.10 Å². The fourth-order valence-electron chi connectivity index (χ4n) is 7.00. The van der Waals surface area contributed by atoms with Crippen molar-refractivity contribution in [2.45, 2.75) is 186 Å². The molecule has 6 atom stereocenters. The van der Waals surface area contributed by atoms with Gasteiger partial charge in [-0.1, -0.05) is 122 Å². The molecule has 1 aliphatic carbocycles. The first-order valence-corrected chi connectivity index (χ1v) is 24.3. The molecule has 1 aliphatic rings. The van der Waals surface area contributed by atoms with Crippen LogP contribution in [0.1, 0.15) is 168 Å². The van der Waals surface area contributed by atoms with Crippen LogP contribution in [0.5, 0.6) is 0 Å². The summed E-state index contributed by atoms with van der Waals surface area (Å²) in [6.45, 7) is 4.34. The van der Waals surface area contributed by atoms with Gasteiger partial charge in [-0.15, -0.1) is 0 Å². The minimum atomic E-state index is -4.61. The maximum absolute atomic E-state index is 12.8. The van der Waals surface area contributed by atoms with Gasteiger partial charge in [0, 0.05) is 18.8 Å². The molecule has 58 heavy (non-hydrogen) atoms. The van der Waals surface area contributed by atoms with E-state index in [1.165, 1.54) is 64.2 Å². The highest BCUT2D eigenvalue weighted by atomic mass is 31.2. The number of likely N-dealkylation sites (N-methyl/N-ethyl adjacent to an activating group) is 1. The summed E-state index contributed by atoms with van der Waals surface area (Å²) in [5, 5.41) is 20.8. The van der Waals surface area contributed by atoms with Gasteiger partial charge in [-0.3, -0.25) is 14.2 Å². The zero-order valence-corrected chi connectivity index (χ0v) is 38.1. The van der Waals surface area contributed by atoms with E-state index in [2.05, 4.69) is 26.0 Å². The Morgan fingerprint density at radius 1 is 0.828 bits per heavy atom. The Kier molecular flexibility index (Phi) is 31.6. The van der Waals surface area contributed by atoms with Gasteiger partial charge in [0.1, 0.15) is 25.5 Å². The van der Waals surface area contributed by atoms with Gasteiger partial charge >= 0.3 is 5.97 Å². The van der Waals surface area contributed by atoms with Crippen LogP contribution in [-0.4, -0.2) is 92.3 Å². The summed E-state index contributed by atoms with van der Waals surface area (Å²) >= 11 is 0. The van der Waals surface area contributed by atoms with Gasteiger partial charge in [-0.25, -0.2) is 0 Å². The molecule has 12 heteroatoms. The normalized spacial score (nSPS) is 19.7. The molecule has 0 bridgehead atoms. The highest BCUT2D eigenvalue weighted by Crippen LogP contribution is 2.38. The number of aliphatic hydroxyl groups excluding tert-OH is 2. The van der Waals surface area contributed by atoms with Gasteiger partial charge < -0.3 is 38.1 Å². The minimum absolute atomic E-state index is 0.0164. The van der Waals surface area contributed by atoms with E-state index >= 15 is 0 Å². The SMILES string of the molecule is CCCCCC/C=C\CCCCCCCC/C=C/OC[C@H](COP(=O)([O-])OCC[N+](C)(C)C)OC(=O)CCCCCC[C@H]1[C@@H](O)CC(=O)[C@@H]1/C=C/[C@@H](O)CCCCC. The van der Waals surface area contributed by atoms with Gasteiger partial charge in [0.05, 0.1) is 46.2 Å². The molecule has 1 saturated carbocycles. The van der Waals surface area contributed by atoms with Crippen molar-refractivity contribution >= 4 is 19.6 Å². The molecule has 0 spiro atoms. The molecule has 0 aromatic heterocycles. The van der Waals surface area contributed by atoms with Gasteiger partial charge in [0.25, 0.3) is 7.82 Å². The lowest BCUT2D eigenvalue weighted by molar-refractivity contribution is -0.870. The van der Waals surface area contributed by atoms with E-state index in [0.29, 0.717) is 30.3 Å². The molecule has 0 aliphatic heterocycles. The van der Waals surface area contributed by atoms with Gasteiger partial charge in [-0.2, -0.15) is 0 Å². The number of phosphoric ester groups is 1. The molecule has 1 unspecified atom stereocenters. The summed E-state index contributed by atoms with van der Waals surface area (Å²) in [5.41, 5.74) is 0. The van der Waals surface area contributed by atoms with Crippen LogP contribution in [0.3, 0.4) is 0 Å². The molecule has 1 rings (SSSR count). The lowest BCUT2D eigenvalue weighted by Crippen LogP contribution is -2.37. The molecule has 2 N–H and O–H groups in total. The minimum Gasteiger partial charge on any atom is -0.756 e. The highest BCUT2D eigenvalue weighted by Gasteiger charge is 2.39. The van der Waals surface area contributed by atoms with Crippen molar-refractivity contribution in [3.8, 4) is 0 Å².